The average Bonchev–Trinajstić information content (AvgIpc) is 2.26. The van der Waals surface area contributed by atoms with Crippen molar-refractivity contribution < 1.29 is 14.6 Å². The van der Waals surface area contributed by atoms with Gasteiger partial charge in [0.05, 0.1) is 7.11 Å². The Morgan fingerprint density at radius 1 is 1.50 bits per heavy atom. The second-order valence-electron chi connectivity index (χ2n) is 4.79. The van der Waals surface area contributed by atoms with Gasteiger partial charge >= 0.3 is 5.97 Å². The molecule has 0 aliphatic heterocycles. The predicted octanol–water partition coefficient (Wildman–Crippen LogP) is 3.56. The normalized spacial score (nSPS) is 11.8. The molecule has 0 amide bonds. The van der Waals surface area contributed by atoms with Crippen molar-refractivity contribution in [3.63, 3.8) is 0 Å². The highest BCUT2D eigenvalue weighted by atomic mass is 35.5. The Bertz CT molecular complexity index is 464. The van der Waals surface area contributed by atoms with E-state index in [1.807, 2.05) is 26.0 Å². The molecule has 0 bridgehead atoms. The Balaban J connectivity index is 2.95. The first-order chi connectivity index (χ1) is 8.34. The summed E-state index contributed by atoms with van der Waals surface area (Å²) in [6, 6.07) is 5.43. The zero-order chi connectivity index (χ0) is 13.8. The number of benzene rings is 1. The summed E-state index contributed by atoms with van der Waals surface area (Å²) in [6.45, 7) is 3.93. The SMILES string of the molecule is COc1ccc(Cl)cc1CC(C)(C)/C=C/C(=O)O. The van der Waals surface area contributed by atoms with Gasteiger partial charge in [0.1, 0.15) is 5.75 Å². The summed E-state index contributed by atoms with van der Waals surface area (Å²) < 4.78 is 5.27. The molecule has 0 spiro atoms. The number of hydrogen-bond donors (Lipinski definition) is 1. The van der Waals surface area contributed by atoms with Crippen molar-refractivity contribution in [1.82, 2.24) is 0 Å². The summed E-state index contributed by atoms with van der Waals surface area (Å²) in [6.07, 6.45) is 3.49. The third-order valence-electron chi connectivity index (χ3n) is 2.57. The van der Waals surface area contributed by atoms with Gasteiger partial charge in [-0.3, -0.25) is 0 Å². The quantitative estimate of drug-likeness (QED) is 0.831. The van der Waals surface area contributed by atoms with Crippen LogP contribution in [-0.4, -0.2) is 18.2 Å². The van der Waals surface area contributed by atoms with E-state index in [0.717, 1.165) is 17.4 Å². The van der Waals surface area contributed by atoms with E-state index in [1.165, 1.54) is 0 Å². The van der Waals surface area contributed by atoms with Crippen LogP contribution in [0.1, 0.15) is 19.4 Å². The minimum Gasteiger partial charge on any atom is -0.496 e. The number of carbonyl (C=O) groups is 1. The van der Waals surface area contributed by atoms with E-state index in [1.54, 1.807) is 19.3 Å². The first-order valence-corrected chi connectivity index (χ1v) is 5.96. The van der Waals surface area contributed by atoms with E-state index < -0.39 is 5.97 Å². The second kappa shape index (κ2) is 5.91. The largest absolute Gasteiger partial charge is 0.496 e. The molecule has 0 fully saturated rings. The van der Waals surface area contributed by atoms with Crippen LogP contribution in [0.3, 0.4) is 0 Å². The smallest absolute Gasteiger partial charge is 0.327 e. The van der Waals surface area contributed by atoms with Gasteiger partial charge < -0.3 is 9.84 Å². The van der Waals surface area contributed by atoms with Crippen molar-refractivity contribution in [2.24, 2.45) is 5.41 Å². The van der Waals surface area contributed by atoms with Crippen LogP contribution < -0.4 is 4.74 Å². The molecule has 1 rings (SSSR count). The summed E-state index contributed by atoms with van der Waals surface area (Å²) >= 11 is 5.96. The molecule has 0 radical (unpaired) electrons. The van der Waals surface area contributed by atoms with E-state index in [-0.39, 0.29) is 5.41 Å². The van der Waals surface area contributed by atoms with Crippen LogP contribution in [0.5, 0.6) is 5.75 Å². The molecule has 18 heavy (non-hydrogen) atoms. The number of carboxylic acids is 1. The minimum atomic E-state index is -0.943. The third-order valence-corrected chi connectivity index (χ3v) is 2.80. The van der Waals surface area contributed by atoms with Crippen molar-refractivity contribution in [2.45, 2.75) is 20.3 Å². The van der Waals surface area contributed by atoms with E-state index >= 15 is 0 Å². The minimum absolute atomic E-state index is 0.281. The zero-order valence-corrected chi connectivity index (χ0v) is 11.5. The maximum Gasteiger partial charge on any atom is 0.327 e. The summed E-state index contributed by atoms with van der Waals surface area (Å²) in [7, 11) is 1.60. The lowest BCUT2D eigenvalue weighted by atomic mass is 9.85. The molecule has 3 nitrogen and oxygen atoms in total. The lowest BCUT2D eigenvalue weighted by Gasteiger charge is -2.21. The van der Waals surface area contributed by atoms with Crippen molar-refractivity contribution in [2.75, 3.05) is 7.11 Å². The topological polar surface area (TPSA) is 46.5 Å². The fourth-order valence-corrected chi connectivity index (χ4v) is 1.93. The molecular weight excluding hydrogens is 252 g/mol. The van der Waals surface area contributed by atoms with Gasteiger partial charge in [-0.2, -0.15) is 0 Å². The van der Waals surface area contributed by atoms with E-state index in [0.29, 0.717) is 11.4 Å². The highest BCUT2D eigenvalue weighted by Gasteiger charge is 2.18. The van der Waals surface area contributed by atoms with Crippen molar-refractivity contribution in [3.8, 4) is 5.75 Å². The van der Waals surface area contributed by atoms with Gasteiger partial charge in [-0.1, -0.05) is 31.5 Å². The van der Waals surface area contributed by atoms with E-state index in [2.05, 4.69) is 0 Å². The van der Waals surface area contributed by atoms with Crippen LogP contribution in [-0.2, 0) is 11.2 Å². The molecule has 0 aliphatic carbocycles. The second-order valence-corrected chi connectivity index (χ2v) is 5.23. The Hall–Kier alpha value is -1.48. The molecule has 0 heterocycles. The lowest BCUT2D eigenvalue weighted by molar-refractivity contribution is -0.131. The summed E-state index contributed by atoms with van der Waals surface area (Å²) in [5, 5.41) is 9.30. The van der Waals surface area contributed by atoms with Gasteiger partial charge in [0.25, 0.3) is 0 Å². The highest BCUT2D eigenvalue weighted by molar-refractivity contribution is 6.30. The van der Waals surface area contributed by atoms with Crippen LogP contribution in [0, 0.1) is 5.41 Å². The standard InChI is InChI=1S/C14H17ClO3/c1-14(2,7-6-13(16)17)9-10-8-11(15)4-5-12(10)18-3/h4-8H,9H2,1-3H3,(H,16,17)/b7-6+. The fourth-order valence-electron chi connectivity index (χ4n) is 1.73. The number of aliphatic carboxylic acids is 1. The zero-order valence-electron chi connectivity index (χ0n) is 10.7. The molecular formula is C14H17ClO3. The van der Waals surface area contributed by atoms with Crippen LogP contribution in [0.4, 0.5) is 0 Å². The van der Waals surface area contributed by atoms with Gasteiger partial charge in [0.15, 0.2) is 0 Å². The first-order valence-electron chi connectivity index (χ1n) is 5.58. The van der Waals surface area contributed by atoms with Crippen LogP contribution in [0.2, 0.25) is 5.02 Å². The molecule has 0 aromatic heterocycles. The average molecular weight is 269 g/mol. The Kier molecular flexibility index (Phi) is 4.79. The summed E-state index contributed by atoms with van der Waals surface area (Å²) in [4.78, 5) is 10.5. The molecule has 98 valence electrons. The Morgan fingerprint density at radius 2 is 2.17 bits per heavy atom. The predicted molar refractivity (Wildman–Crippen MR) is 72.3 cm³/mol. The molecule has 1 aromatic carbocycles. The van der Waals surface area contributed by atoms with Gasteiger partial charge in [-0.05, 0) is 35.6 Å². The van der Waals surface area contributed by atoms with Gasteiger partial charge in [0, 0.05) is 11.1 Å². The van der Waals surface area contributed by atoms with Gasteiger partial charge in [-0.15, -0.1) is 0 Å². The van der Waals surface area contributed by atoms with Crippen molar-refractivity contribution in [1.29, 1.82) is 0 Å². The number of carboxylic acid groups (broad SMARTS) is 1. The van der Waals surface area contributed by atoms with E-state index in [4.69, 9.17) is 21.4 Å². The monoisotopic (exact) mass is 268 g/mol. The number of hydrogen-bond acceptors (Lipinski definition) is 2. The van der Waals surface area contributed by atoms with Crippen molar-refractivity contribution in [3.05, 3.63) is 40.9 Å². The molecule has 4 heteroatoms. The van der Waals surface area contributed by atoms with Gasteiger partial charge in [0.2, 0.25) is 0 Å². The van der Waals surface area contributed by atoms with Crippen LogP contribution in [0.15, 0.2) is 30.4 Å². The summed E-state index contributed by atoms with van der Waals surface area (Å²) in [5.41, 5.74) is 0.682. The van der Waals surface area contributed by atoms with E-state index in [9.17, 15) is 4.79 Å². The van der Waals surface area contributed by atoms with Crippen LogP contribution >= 0.6 is 11.6 Å². The number of allylic oxidation sites excluding steroid dienone is 1. The van der Waals surface area contributed by atoms with Crippen LogP contribution in [0.25, 0.3) is 0 Å². The van der Waals surface area contributed by atoms with Crippen molar-refractivity contribution >= 4 is 17.6 Å². The molecule has 1 N–H and O–H groups in total. The fraction of sp³-hybridized carbons (Fsp3) is 0.357. The number of rotatable bonds is 5. The lowest BCUT2D eigenvalue weighted by Crippen LogP contribution is -2.13. The molecule has 0 saturated heterocycles. The maximum atomic E-state index is 10.5. The third kappa shape index (κ3) is 4.41. The highest BCUT2D eigenvalue weighted by Crippen LogP contribution is 2.30. The maximum absolute atomic E-state index is 10.5. The van der Waals surface area contributed by atoms with Gasteiger partial charge in [-0.25, -0.2) is 4.79 Å². The first kappa shape index (κ1) is 14.6. The molecule has 0 unspecified atom stereocenters. The molecule has 0 atom stereocenters. The Morgan fingerprint density at radius 3 is 2.72 bits per heavy atom. The number of methoxy groups -OCH3 is 1. The number of ether oxygens (including phenoxy) is 1. The Labute approximate surface area is 112 Å². The summed E-state index contributed by atoms with van der Waals surface area (Å²) in [5.74, 6) is -0.183. The molecule has 0 saturated carbocycles. The number of halogens is 1. The molecule has 1 aromatic rings. The molecule has 0 aliphatic rings.